The Morgan fingerprint density at radius 1 is 1.38 bits per heavy atom. The zero-order valence-corrected chi connectivity index (χ0v) is 9.93. The number of carbonyl (C=O) groups is 1. The maximum Gasteiger partial charge on any atom is 0.308 e. The molecule has 1 aliphatic carbocycles. The van der Waals surface area contributed by atoms with Gasteiger partial charge in [-0.15, -0.1) is 0 Å². The Balaban J connectivity index is 1.78. The lowest BCUT2D eigenvalue weighted by Gasteiger charge is -2.32. The number of aliphatic carboxylic acids is 1. The Morgan fingerprint density at radius 3 is 2.62 bits per heavy atom. The van der Waals surface area contributed by atoms with E-state index in [1.165, 1.54) is 25.7 Å². The highest BCUT2D eigenvalue weighted by Gasteiger charge is 2.53. The van der Waals surface area contributed by atoms with Gasteiger partial charge in [0.2, 0.25) is 0 Å². The molecule has 0 radical (unpaired) electrons. The highest BCUT2D eigenvalue weighted by atomic mass is 16.4. The predicted molar refractivity (Wildman–Crippen MR) is 61.2 cm³/mol. The Kier molecular flexibility index (Phi) is 2.46. The van der Waals surface area contributed by atoms with Crippen molar-refractivity contribution in [2.45, 2.75) is 63.6 Å². The van der Waals surface area contributed by atoms with Crippen molar-refractivity contribution < 1.29 is 9.90 Å². The Labute approximate surface area is 96.8 Å². The van der Waals surface area contributed by atoms with Crippen LogP contribution in [0.5, 0.6) is 0 Å². The zero-order valence-electron chi connectivity index (χ0n) is 9.93. The standard InChI is InChI=1S/C13H21NO2/c1-2-11(8-3-4-8)14-9-5-6-12(14)10(7-9)13(15)16/h8-12H,2-7H2,1H3,(H,15,16). The van der Waals surface area contributed by atoms with Crippen LogP contribution in [0.4, 0.5) is 0 Å². The lowest BCUT2D eigenvalue weighted by molar-refractivity contribution is -0.142. The monoisotopic (exact) mass is 223 g/mol. The third kappa shape index (κ3) is 1.48. The molecule has 3 rings (SSSR count). The average Bonchev–Trinajstić information content (AvgIpc) is 2.95. The maximum atomic E-state index is 11.2. The highest BCUT2D eigenvalue weighted by Crippen LogP contribution is 2.48. The molecule has 0 spiro atoms. The molecule has 0 aromatic carbocycles. The van der Waals surface area contributed by atoms with Gasteiger partial charge in [0.15, 0.2) is 0 Å². The van der Waals surface area contributed by atoms with E-state index in [2.05, 4.69) is 11.8 Å². The minimum absolute atomic E-state index is 0.0773. The summed E-state index contributed by atoms with van der Waals surface area (Å²) in [7, 11) is 0. The average molecular weight is 223 g/mol. The van der Waals surface area contributed by atoms with Crippen LogP contribution in [0.25, 0.3) is 0 Å². The molecule has 1 N–H and O–H groups in total. The molecular weight excluding hydrogens is 202 g/mol. The Hall–Kier alpha value is -0.570. The molecule has 3 nitrogen and oxygen atoms in total. The van der Waals surface area contributed by atoms with E-state index >= 15 is 0 Å². The fourth-order valence-corrected chi connectivity index (χ4v) is 4.08. The summed E-state index contributed by atoms with van der Waals surface area (Å²) in [6.07, 6.45) is 7.19. The largest absolute Gasteiger partial charge is 0.481 e. The van der Waals surface area contributed by atoms with Gasteiger partial charge in [-0.2, -0.15) is 0 Å². The van der Waals surface area contributed by atoms with Crippen LogP contribution in [-0.4, -0.2) is 34.1 Å². The normalized spacial score (nSPS) is 40.2. The van der Waals surface area contributed by atoms with Crippen molar-refractivity contribution in [3.8, 4) is 0 Å². The summed E-state index contributed by atoms with van der Waals surface area (Å²) in [6.45, 7) is 2.26. The second kappa shape index (κ2) is 3.73. The number of hydrogen-bond acceptors (Lipinski definition) is 2. The predicted octanol–water partition coefficient (Wildman–Crippen LogP) is 2.11. The third-order valence-corrected chi connectivity index (χ3v) is 4.88. The van der Waals surface area contributed by atoms with E-state index in [0.717, 1.165) is 18.8 Å². The van der Waals surface area contributed by atoms with Crippen LogP contribution in [-0.2, 0) is 4.79 Å². The molecule has 3 heteroatoms. The van der Waals surface area contributed by atoms with Gasteiger partial charge in [0.1, 0.15) is 0 Å². The number of rotatable bonds is 4. The van der Waals surface area contributed by atoms with Crippen LogP contribution in [0, 0.1) is 11.8 Å². The quantitative estimate of drug-likeness (QED) is 0.793. The summed E-state index contributed by atoms with van der Waals surface area (Å²) in [4.78, 5) is 13.8. The summed E-state index contributed by atoms with van der Waals surface area (Å²) in [5.41, 5.74) is 0. The molecule has 2 heterocycles. The highest BCUT2D eigenvalue weighted by molar-refractivity contribution is 5.71. The smallest absolute Gasteiger partial charge is 0.308 e. The Bertz CT molecular complexity index is 300. The lowest BCUT2D eigenvalue weighted by Crippen LogP contribution is -2.41. The molecule has 2 bridgehead atoms. The second-order valence-electron chi connectivity index (χ2n) is 5.74. The summed E-state index contributed by atoms with van der Waals surface area (Å²) in [6, 6.07) is 1.62. The van der Waals surface area contributed by atoms with Gasteiger partial charge >= 0.3 is 5.97 Å². The maximum absolute atomic E-state index is 11.2. The van der Waals surface area contributed by atoms with Crippen molar-refractivity contribution >= 4 is 5.97 Å². The van der Waals surface area contributed by atoms with E-state index in [4.69, 9.17) is 0 Å². The molecule has 2 saturated heterocycles. The molecule has 90 valence electrons. The van der Waals surface area contributed by atoms with Crippen LogP contribution >= 0.6 is 0 Å². The first-order chi connectivity index (χ1) is 7.72. The van der Waals surface area contributed by atoms with Gasteiger partial charge in [0.05, 0.1) is 5.92 Å². The van der Waals surface area contributed by atoms with E-state index in [-0.39, 0.29) is 5.92 Å². The van der Waals surface area contributed by atoms with Crippen molar-refractivity contribution in [1.82, 2.24) is 4.90 Å². The topological polar surface area (TPSA) is 40.5 Å². The van der Waals surface area contributed by atoms with Crippen molar-refractivity contribution in [3.63, 3.8) is 0 Å². The number of nitrogens with zero attached hydrogens (tertiary/aromatic N) is 1. The van der Waals surface area contributed by atoms with E-state index in [0.29, 0.717) is 18.1 Å². The third-order valence-electron chi connectivity index (χ3n) is 4.88. The van der Waals surface area contributed by atoms with Gasteiger partial charge < -0.3 is 5.11 Å². The molecule has 3 aliphatic rings. The minimum Gasteiger partial charge on any atom is -0.481 e. The summed E-state index contributed by atoms with van der Waals surface area (Å²) in [5.74, 6) is 0.232. The van der Waals surface area contributed by atoms with Crippen LogP contribution in [0.3, 0.4) is 0 Å². The van der Waals surface area contributed by atoms with Gasteiger partial charge in [-0.3, -0.25) is 9.69 Å². The number of hydrogen-bond donors (Lipinski definition) is 1. The molecule has 0 amide bonds. The summed E-state index contributed by atoms with van der Waals surface area (Å²) >= 11 is 0. The van der Waals surface area contributed by atoms with Crippen LogP contribution in [0.15, 0.2) is 0 Å². The molecular formula is C13H21NO2. The van der Waals surface area contributed by atoms with Crippen molar-refractivity contribution in [2.24, 2.45) is 11.8 Å². The van der Waals surface area contributed by atoms with Crippen LogP contribution in [0.1, 0.15) is 45.4 Å². The SMILES string of the molecule is CCC(C1CC1)N1C2CCC1C(C(=O)O)C2. The molecule has 1 saturated carbocycles. The molecule has 0 aromatic heterocycles. The zero-order chi connectivity index (χ0) is 11.3. The summed E-state index contributed by atoms with van der Waals surface area (Å²) in [5, 5.41) is 9.24. The van der Waals surface area contributed by atoms with Gasteiger partial charge in [0.25, 0.3) is 0 Å². The minimum atomic E-state index is -0.567. The van der Waals surface area contributed by atoms with Gasteiger partial charge in [-0.1, -0.05) is 6.92 Å². The molecule has 0 aromatic rings. The van der Waals surface area contributed by atoms with Crippen LogP contribution in [0.2, 0.25) is 0 Å². The molecule has 4 atom stereocenters. The van der Waals surface area contributed by atoms with Gasteiger partial charge in [-0.25, -0.2) is 0 Å². The van der Waals surface area contributed by atoms with E-state index < -0.39 is 5.97 Å². The van der Waals surface area contributed by atoms with Gasteiger partial charge in [0, 0.05) is 18.1 Å². The first-order valence-electron chi connectivity index (χ1n) is 6.72. The van der Waals surface area contributed by atoms with E-state index in [9.17, 15) is 9.90 Å². The molecule has 3 fully saturated rings. The van der Waals surface area contributed by atoms with Crippen molar-refractivity contribution in [2.75, 3.05) is 0 Å². The van der Waals surface area contributed by atoms with Crippen LogP contribution < -0.4 is 0 Å². The Morgan fingerprint density at radius 2 is 2.12 bits per heavy atom. The molecule has 4 unspecified atom stereocenters. The summed E-state index contributed by atoms with van der Waals surface area (Å²) < 4.78 is 0. The van der Waals surface area contributed by atoms with Gasteiger partial charge in [-0.05, 0) is 44.4 Å². The number of carboxylic acid groups (broad SMARTS) is 1. The fourth-order valence-electron chi connectivity index (χ4n) is 4.08. The second-order valence-corrected chi connectivity index (χ2v) is 5.74. The first-order valence-corrected chi connectivity index (χ1v) is 6.72. The van der Waals surface area contributed by atoms with E-state index in [1.54, 1.807) is 0 Å². The number of carboxylic acids is 1. The fraction of sp³-hybridized carbons (Fsp3) is 0.923. The van der Waals surface area contributed by atoms with Crippen molar-refractivity contribution in [3.05, 3.63) is 0 Å². The lowest BCUT2D eigenvalue weighted by atomic mass is 9.89. The number of fused-ring (bicyclic) bond motifs is 2. The first kappa shape index (κ1) is 10.6. The van der Waals surface area contributed by atoms with Crippen molar-refractivity contribution in [1.29, 1.82) is 0 Å². The molecule has 2 aliphatic heterocycles. The molecule has 16 heavy (non-hydrogen) atoms. The van der Waals surface area contributed by atoms with E-state index in [1.807, 2.05) is 0 Å².